The predicted molar refractivity (Wildman–Crippen MR) is 135 cm³/mol. The third-order valence-corrected chi connectivity index (χ3v) is 6.31. The molecule has 0 radical (unpaired) electrons. The molecule has 0 aliphatic carbocycles. The third kappa shape index (κ3) is 5.44. The number of hydrogen-bond donors (Lipinski definition) is 0. The summed E-state index contributed by atoms with van der Waals surface area (Å²) in [5, 5.41) is 0.553. The second-order valence-corrected chi connectivity index (χ2v) is 8.77. The van der Waals surface area contributed by atoms with Gasteiger partial charge in [-0.15, -0.1) is 0 Å². The Hall–Kier alpha value is -2.53. The van der Waals surface area contributed by atoms with Crippen LogP contribution in [0.15, 0.2) is 46.3 Å². The summed E-state index contributed by atoms with van der Waals surface area (Å²) in [6.07, 6.45) is 1.82. The molecule has 0 N–H and O–H groups in total. The summed E-state index contributed by atoms with van der Waals surface area (Å²) in [6.45, 7) is 4.53. The Morgan fingerprint density at radius 3 is 2.53 bits per heavy atom. The fraction of sp³-hybridized carbons (Fsp3) is 0.261. The highest BCUT2D eigenvalue weighted by atomic mass is 127. The van der Waals surface area contributed by atoms with Gasteiger partial charge < -0.3 is 14.2 Å². The summed E-state index contributed by atoms with van der Waals surface area (Å²) in [5.41, 5.74) is 1.93. The van der Waals surface area contributed by atoms with Crippen LogP contribution in [-0.2, 0) is 9.53 Å². The number of methoxy groups -OCH3 is 1. The van der Waals surface area contributed by atoms with Crippen molar-refractivity contribution in [1.82, 2.24) is 4.90 Å². The van der Waals surface area contributed by atoms with Crippen LogP contribution in [0.1, 0.15) is 29.8 Å². The number of carbonyl (C=O) groups is 2. The number of rotatable bonds is 7. The second-order valence-electron chi connectivity index (χ2n) is 6.60. The van der Waals surface area contributed by atoms with Crippen molar-refractivity contribution in [1.29, 1.82) is 0 Å². The quantitative estimate of drug-likeness (QED) is 0.264. The highest BCUT2D eigenvalue weighted by molar-refractivity contribution is 14.1. The van der Waals surface area contributed by atoms with Crippen LogP contribution in [0.25, 0.3) is 6.08 Å². The van der Waals surface area contributed by atoms with Crippen LogP contribution >= 0.6 is 34.4 Å². The van der Waals surface area contributed by atoms with Gasteiger partial charge in [-0.2, -0.15) is 0 Å². The number of halogens is 1. The molecule has 1 heterocycles. The summed E-state index contributed by atoms with van der Waals surface area (Å²) < 4.78 is 17.0. The Morgan fingerprint density at radius 2 is 1.91 bits per heavy atom. The van der Waals surface area contributed by atoms with Crippen LogP contribution in [0.2, 0.25) is 0 Å². The fourth-order valence-electron chi connectivity index (χ4n) is 2.91. The number of benzene rings is 2. The van der Waals surface area contributed by atoms with Gasteiger partial charge >= 0.3 is 5.97 Å². The van der Waals surface area contributed by atoms with Crippen molar-refractivity contribution in [3.8, 4) is 11.5 Å². The summed E-state index contributed by atoms with van der Waals surface area (Å²) in [7, 11) is 3.27. The molecule has 1 saturated heterocycles. The Labute approximate surface area is 205 Å². The zero-order valence-corrected chi connectivity index (χ0v) is 21.2. The van der Waals surface area contributed by atoms with Crippen LogP contribution in [-0.4, -0.2) is 49.3 Å². The number of amides is 1. The second kappa shape index (κ2) is 10.9. The molecule has 1 aliphatic rings. The maximum Gasteiger partial charge on any atom is 0.338 e. The van der Waals surface area contributed by atoms with Crippen LogP contribution < -0.4 is 9.47 Å². The van der Waals surface area contributed by atoms with Crippen LogP contribution in [0.4, 0.5) is 5.69 Å². The van der Waals surface area contributed by atoms with E-state index in [2.05, 4.69) is 27.6 Å². The first kappa shape index (κ1) is 24.1. The first-order valence-corrected chi connectivity index (χ1v) is 11.8. The molecule has 2 aromatic rings. The van der Waals surface area contributed by atoms with Crippen LogP contribution in [0.3, 0.4) is 0 Å². The third-order valence-electron chi connectivity index (χ3n) is 4.44. The molecule has 0 bridgehead atoms. The molecule has 0 saturated carbocycles. The van der Waals surface area contributed by atoms with Crippen molar-refractivity contribution in [3.63, 3.8) is 0 Å². The van der Waals surface area contributed by atoms with Gasteiger partial charge in [-0.05, 0) is 96.2 Å². The summed E-state index contributed by atoms with van der Waals surface area (Å²) >= 11 is 3.48. The SMILES string of the molecule is CCOC(=O)c1ccc(N=C2S/C(=C\c3cc(I)c(OCC)c(OC)c3)C(=O)N2C)cc1. The van der Waals surface area contributed by atoms with E-state index in [1.165, 1.54) is 16.7 Å². The van der Waals surface area contributed by atoms with E-state index in [0.29, 0.717) is 46.0 Å². The smallest absolute Gasteiger partial charge is 0.338 e. The molecular formula is C23H23IN2O5S. The minimum atomic E-state index is -0.375. The number of aliphatic imine (C=N–C) groups is 1. The number of likely N-dealkylation sites (N-methyl/N-ethyl adjacent to an activating group) is 1. The monoisotopic (exact) mass is 566 g/mol. The highest BCUT2D eigenvalue weighted by Gasteiger charge is 2.30. The average molecular weight is 566 g/mol. The van der Waals surface area contributed by atoms with Crippen molar-refractivity contribution in [2.45, 2.75) is 13.8 Å². The van der Waals surface area contributed by atoms with E-state index in [0.717, 1.165) is 9.13 Å². The lowest BCUT2D eigenvalue weighted by Gasteiger charge is -2.12. The maximum absolute atomic E-state index is 12.8. The highest BCUT2D eigenvalue weighted by Crippen LogP contribution is 2.37. The number of ether oxygens (including phenoxy) is 3. The van der Waals surface area contributed by atoms with Gasteiger partial charge in [-0.25, -0.2) is 9.79 Å². The van der Waals surface area contributed by atoms with Crippen molar-refractivity contribution in [2.24, 2.45) is 4.99 Å². The van der Waals surface area contributed by atoms with Crippen LogP contribution in [0, 0.1) is 3.57 Å². The Morgan fingerprint density at radius 1 is 1.19 bits per heavy atom. The molecule has 0 unspecified atom stereocenters. The molecule has 0 aromatic heterocycles. The Kier molecular flexibility index (Phi) is 8.19. The summed E-state index contributed by atoms with van der Waals surface area (Å²) in [5.74, 6) is 0.790. The molecule has 3 rings (SSSR count). The Balaban J connectivity index is 1.85. The first-order valence-electron chi connectivity index (χ1n) is 9.91. The lowest BCUT2D eigenvalue weighted by molar-refractivity contribution is -0.121. The van der Waals surface area contributed by atoms with Gasteiger partial charge in [0.2, 0.25) is 0 Å². The average Bonchev–Trinajstić information content (AvgIpc) is 3.03. The molecule has 168 valence electrons. The minimum Gasteiger partial charge on any atom is -0.493 e. The van der Waals surface area contributed by atoms with Gasteiger partial charge in [0.1, 0.15) is 0 Å². The normalized spacial score (nSPS) is 16.0. The van der Waals surface area contributed by atoms with E-state index >= 15 is 0 Å². The fourth-order valence-corrected chi connectivity index (χ4v) is 4.68. The zero-order chi connectivity index (χ0) is 23.3. The molecule has 1 fully saturated rings. The molecule has 1 amide bonds. The molecule has 0 atom stereocenters. The number of thioether (sulfide) groups is 1. The van der Waals surface area contributed by atoms with E-state index < -0.39 is 0 Å². The van der Waals surface area contributed by atoms with Gasteiger partial charge in [-0.3, -0.25) is 9.69 Å². The predicted octanol–water partition coefficient (Wildman–Crippen LogP) is 5.11. The molecule has 2 aromatic carbocycles. The topological polar surface area (TPSA) is 77.4 Å². The van der Waals surface area contributed by atoms with E-state index in [1.807, 2.05) is 25.1 Å². The number of carbonyl (C=O) groups excluding carboxylic acids is 2. The van der Waals surface area contributed by atoms with Gasteiger partial charge in [0.05, 0.1) is 40.0 Å². The lowest BCUT2D eigenvalue weighted by Crippen LogP contribution is -2.23. The van der Waals surface area contributed by atoms with Crippen molar-refractivity contribution in [3.05, 3.63) is 56.0 Å². The van der Waals surface area contributed by atoms with Gasteiger partial charge in [0, 0.05) is 7.05 Å². The molecule has 32 heavy (non-hydrogen) atoms. The van der Waals surface area contributed by atoms with Crippen molar-refractivity contribution in [2.75, 3.05) is 27.4 Å². The van der Waals surface area contributed by atoms with E-state index in [4.69, 9.17) is 14.2 Å². The first-order chi connectivity index (χ1) is 15.4. The Bertz CT molecular complexity index is 1080. The minimum absolute atomic E-state index is 0.139. The molecular weight excluding hydrogens is 543 g/mol. The molecule has 9 heteroatoms. The standard InChI is InChI=1S/C23H23IN2O5S/c1-5-30-20-17(24)11-14(12-18(20)29-4)13-19-21(27)26(3)23(32-19)25-16-9-7-15(8-10-16)22(28)31-6-2/h7-13H,5-6H2,1-4H3/b19-13-,25-23?. The number of amidine groups is 1. The van der Waals surface area contributed by atoms with E-state index in [1.54, 1.807) is 45.3 Å². The van der Waals surface area contributed by atoms with Crippen LogP contribution in [0.5, 0.6) is 11.5 Å². The van der Waals surface area contributed by atoms with Gasteiger partial charge in [-0.1, -0.05) is 0 Å². The van der Waals surface area contributed by atoms with E-state index in [9.17, 15) is 9.59 Å². The number of hydrogen-bond acceptors (Lipinski definition) is 7. The summed E-state index contributed by atoms with van der Waals surface area (Å²) in [4.78, 5) is 31.2. The maximum atomic E-state index is 12.8. The zero-order valence-electron chi connectivity index (χ0n) is 18.2. The largest absolute Gasteiger partial charge is 0.493 e. The summed E-state index contributed by atoms with van der Waals surface area (Å²) in [6, 6.07) is 10.5. The van der Waals surface area contributed by atoms with Gasteiger partial charge in [0.25, 0.3) is 5.91 Å². The van der Waals surface area contributed by atoms with E-state index in [-0.39, 0.29) is 11.9 Å². The lowest BCUT2D eigenvalue weighted by atomic mass is 10.2. The van der Waals surface area contributed by atoms with Crippen molar-refractivity contribution >= 4 is 63.2 Å². The van der Waals surface area contributed by atoms with Crippen molar-refractivity contribution < 1.29 is 23.8 Å². The molecule has 7 nitrogen and oxygen atoms in total. The number of nitrogens with zero attached hydrogens (tertiary/aromatic N) is 2. The molecule has 0 spiro atoms. The molecule has 1 aliphatic heterocycles. The number of esters is 1. The van der Waals surface area contributed by atoms with Gasteiger partial charge in [0.15, 0.2) is 16.7 Å².